The first kappa shape index (κ1) is 78.0. The topological polar surface area (TPSA) is 327 Å². The molecule has 2 saturated heterocycles. The summed E-state index contributed by atoms with van der Waals surface area (Å²) in [4.78, 5) is 113. The lowest BCUT2D eigenvalue weighted by molar-refractivity contribution is -0.160. The van der Waals surface area contributed by atoms with Crippen molar-refractivity contribution in [2.45, 2.75) is 167 Å². The maximum absolute atomic E-state index is 14.8. The number of alkyl carbamates (subject to hydrolysis) is 1. The molecule has 3 aliphatic rings. The number of hydrogen-bond donors (Lipinski definition) is 8. The van der Waals surface area contributed by atoms with Crippen LogP contribution in [0.15, 0.2) is 54.1 Å². The highest BCUT2D eigenvalue weighted by Crippen LogP contribution is 2.38. The number of nitrogens with two attached hydrogens (primary N) is 1. The number of urea groups is 1. The first-order valence-electron chi connectivity index (χ1n) is 28.7. The van der Waals surface area contributed by atoms with Crippen molar-refractivity contribution >= 4 is 120 Å². The maximum Gasteiger partial charge on any atom is 0.409 e. The smallest absolute Gasteiger partial charge is 0.409 e. The number of halogens is 5. The number of aliphatic hydroxyl groups is 1. The van der Waals surface area contributed by atoms with Gasteiger partial charge in [0.05, 0.1) is 43.0 Å². The number of carboxylic acids is 1. The highest BCUT2D eigenvalue weighted by atomic mass is 79.9. The number of amides is 8. The molecule has 5 rings (SSSR count). The Morgan fingerprint density at radius 2 is 1.69 bits per heavy atom. The van der Waals surface area contributed by atoms with Crippen LogP contribution in [0.1, 0.15) is 135 Å². The Balaban J connectivity index is 0.000000586. The molecule has 8 amide bonds. The molecule has 3 heterocycles. The number of allylic oxidation sites excluding steroid dienone is 3. The highest BCUT2D eigenvalue weighted by molar-refractivity contribution is 9.09. The second-order valence-electron chi connectivity index (χ2n) is 21.8. The van der Waals surface area contributed by atoms with Crippen LogP contribution in [0.2, 0.25) is 5.02 Å². The van der Waals surface area contributed by atoms with Crippen molar-refractivity contribution in [3.8, 4) is 5.75 Å². The van der Waals surface area contributed by atoms with E-state index in [1.54, 1.807) is 32.9 Å². The number of unbranched alkanes of at least 4 members (excludes halogenated alkanes) is 1. The van der Waals surface area contributed by atoms with Crippen LogP contribution in [-0.2, 0) is 49.4 Å². The number of epoxide rings is 1. The number of ether oxygens (including phenoxy) is 4. The number of nitrogens with one attached hydrogen (secondary N) is 5. The fourth-order valence-corrected chi connectivity index (χ4v) is 10.7. The van der Waals surface area contributed by atoms with Gasteiger partial charge in [-0.25, -0.2) is 18.8 Å². The summed E-state index contributed by atoms with van der Waals surface area (Å²) >= 11 is 17.7. The molecule has 0 saturated carbocycles. The van der Waals surface area contributed by atoms with Gasteiger partial charge in [-0.1, -0.05) is 87.5 Å². The van der Waals surface area contributed by atoms with Crippen molar-refractivity contribution in [2.24, 2.45) is 11.7 Å². The monoisotopic (exact) mass is 1410 g/mol. The normalized spacial score (nSPS) is 19.7. The Morgan fingerprint density at radius 1 is 1.02 bits per heavy atom. The number of primary amides is 1. The third-order valence-corrected chi connectivity index (χ3v) is 15.7. The van der Waals surface area contributed by atoms with Crippen molar-refractivity contribution in [3.05, 3.63) is 76.1 Å². The second kappa shape index (κ2) is 39.2. The van der Waals surface area contributed by atoms with Gasteiger partial charge in [0, 0.05) is 75.5 Å². The summed E-state index contributed by atoms with van der Waals surface area (Å²) in [5, 5.41) is 33.7. The summed E-state index contributed by atoms with van der Waals surface area (Å²) < 4.78 is 37.0. The lowest BCUT2D eigenvalue weighted by atomic mass is 9.96. The Kier molecular flexibility index (Phi) is 34.7. The molecular formula is C60H87Br2Cl2FN8O15. The number of methoxy groups -OCH3 is 1. The molecule has 0 aromatic heterocycles. The van der Waals surface area contributed by atoms with E-state index in [0.717, 1.165) is 28.2 Å². The van der Waals surface area contributed by atoms with Crippen LogP contribution in [0.3, 0.4) is 0 Å². The van der Waals surface area contributed by atoms with E-state index in [-0.39, 0.29) is 74.3 Å². The minimum absolute atomic E-state index is 0.0368. The number of esters is 1. The van der Waals surface area contributed by atoms with Gasteiger partial charge in [-0.3, -0.25) is 34.1 Å². The van der Waals surface area contributed by atoms with E-state index in [1.807, 2.05) is 37.3 Å². The molecule has 4 bridgehead atoms. The number of carbonyl (C=O) groups excluding carboxylic acids is 8. The van der Waals surface area contributed by atoms with E-state index < -0.39 is 89.2 Å². The number of benzene rings is 2. The van der Waals surface area contributed by atoms with Crippen molar-refractivity contribution in [1.82, 2.24) is 26.2 Å². The first-order valence-corrected chi connectivity index (χ1v) is 32.1. The Hall–Kier alpha value is -6.06. The molecule has 3 aliphatic heterocycles. The zero-order valence-electron chi connectivity index (χ0n) is 51.7. The average molecular weight is 1410 g/mol. The molecule has 492 valence electrons. The van der Waals surface area contributed by atoms with Gasteiger partial charge >= 0.3 is 24.1 Å². The molecule has 2 fully saturated rings. The predicted octanol–water partition coefficient (Wildman–Crippen LogP) is 8.80. The molecule has 23 nitrogen and oxygen atoms in total. The summed E-state index contributed by atoms with van der Waals surface area (Å²) in [6, 6.07) is 3.85. The predicted molar refractivity (Wildman–Crippen MR) is 342 cm³/mol. The molecule has 2 aromatic carbocycles. The van der Waals surface area contributed by atoms with Crippen LogP contribution in [0.4, 0.5) is 25.4 Å². The lowest BCUT2D eigenvalue weighted by Crippen LogP contribution is -2.56. The van der Waals surface area contributed by atoms with E-state index >= 15 is 0 Å². The van der Waals surface area contributed by atoms with Crippen LogP contribution in [0, 0.1) is 11.7 Å². The van der Waals surface area contributed by atoms with E-state index in [2.05, 4.69) is 83.9 Å². The van der Waals surface area contributed by atoms with Crippen LogP contribution >= 0.6 is 55.1 Å². The SMILES string of the molecule is CCC.CCl.COc1cc2cc(c1Cl)N(C)C(=O)CCC1OC1CC1C[C@](O)(C/C=C/C=C(\C)C2)NC(=O)O1.C[C@@H](C(=O)O)N(C)C(=O)c1ccc(NC(=O)C(CCCNC(N)=O)NC(=O)CNC(=O)CCCCC(C)(C)OC(=O)C(CBr)CBr)cc1F. The Bertz CT molecular complexity index is 2760. The molecular weight excluding hydrogens is 1320 g/mol. The summed E-state index contributed by atoms with van der Waals surface area (Å²) in [6.45, 7) is 10.8. The number of alkyl halides is 3. The number of likely N-dealkylation sites (N-methyl/N-ethyl adjacent to an activating group) is 1. The van der Waals surface area contributed by atoms with Crippen molar-refractivity contribution in [3.63, 3.8) is 0 Å². The van der Waals surface area contributed by atoms with Gasteiger partial charge in [-0.05, 0) is 109 Å². The van der Waals surface area contributed by atoms with Gasteiger partial charge in [-0.15, -0.1) is 11.6 Å². The number of fused-ring (bicyclic) bond motifs is 5. The van der Waals surface area contributed by atoms with E-state index in [0.29, 0.717) is 72.1 Å². The summed E-state index contributed by atoms with van der Waals surface area (Å²) in [7, 11) is 4.48. The third-order valence-electron chi connectivity index (χ3n) is 13.8. The van der Waals surface area contributed by atoms with Crippen LogP contribution in [-0.4, -0.2) is 162 Å². The molecule has 6 atom stereocenters. The largest absolute Gasteiger partial charge is 0.495 e. The lowest BCUT2D eigenvalue weighted by Gasteiger charge is -2.36. The Labute approximate surface area is 541 Å². The van der Waals surface area contributed by atoms with Gasteiger partial charge < -0.3 is 66.0 Å². The zero-order chi connectivity index (χ0) is 66.5. The highest BCUT2D eigenvalue weighted by Gasteiger charge is 2.46. The maximum atomic E-state index is 14.8. The number of rotatable bonds is 22. The second-order valence-corrected chi connectivity index (χ2v) is 23.5. The molecule has 88 heavy (non-hydrogen) atoms. The van der Waals surface area contributed by atoms with Crippen molar-refractivity contribution in [2.75, 3.05) is 61.6 Å². The van der Waals surface area contributed by atoms with Crippen molar-refractivity contribution in [1.29, 1.82) is 0 Å². The quantitative estimate of drug-likeness (QED) is 0.0236. The van der Waals surface area contributed by atoms with Gasteiger partial charge in [0.1, 0.15) is 46.1 Å². The molecule has 2 aromatic rings. The molecule has 0 aliphatic carbocycles. The molecule has 9 N–H and O–H groups in total. The number of aliphatic carboxylic acids is 1. The van der Waals surface area contributed by atoms with Crippen LogP contribution in [0.25, 0.3) is 0 Å². The minimum Gasteiger partial charge on any atom is -0.495 e. The number of carboxylic acid groups (broad SMARTS) is 1. The van der Waals surface area contributed by atoms with E-state index in [1.165, 1.54) is 32.8 Å². The number of carbonyl (C=O) groups is 9. The van der Waals surface area contributed by atoms with Gasteiger partial charge in [0.2, 0.25) is 23.6 Å². The van der Waals surface area contributed by atoms with Crippen LogP contribution < -0.4 is 42.0 Å². The van der Waals surface area contributed by atoms with Gasteiger partial charge in [0.25, 0.3) is 5.91 Å². The first-order chi connectivity index (χ1) is 41.5. The fraction of sp³-hybridized carbons (Fsp3) is 0.583. The standard InChI is InChI=1S/C31H45Br2FN6O9.C25H31ClN2O6.C3H8.CH3Cl/c1-18(28(45)46)40(4)27(44)21-11-10-20(14-22(21)34)38-26(43)23(8-7-13-36-30(35)48)39-25(42)17-37-24(41)9-5-6-12-31(2,3)49-29(47)19(15-32)16-33;1-15-6-4-5-9-25(31)14-17(33-24(30)27-25)13-20-19(34-20)7-8-22(29)28(2)18-11-16(10-15)12-21(32-3)23(18)26;1-3-2;1-2/h10-11,14,18-19,23H,5-9,12-13,15-17H2,1-4H3,(H,37,41)(H,38,43)(H,39,42)(H,45,46)(H3,35,36,48);4-6,11-12,17,19-20,31H,7-10,13-14H2,1-3H3,(H,27,30);3H2,1-2H3;1H3/b;5-4+,15-6+;;/t18-,23?;17?,19?,20?,25-;;/m01../s1. The molecule has 0 radical (unpaired) electrons. The average Bonchev–Trinajstić information content (AvgIpc) is 1.71. The van der Waals surface area contributed by atoms with Gasteiger partial charge in [0.15, 0.2) is 0 Å². The molecule has 28 heteroatoms. The summed E-state index contributed by atoms with van der Waals surface area (Å²) in [5.41, 5.74) is 5.15. The van der Waals surface area contributed by atoms with E-state index in [9.17, 15) is 52.6 Å². The van der Waals surface area contributed by atoms with E-state index in [4.69, 9.17) is 41.4 Å². The number of anilines is 2. The minimum atomic E-state index is -1.37. The third kappa shape index (κ3) is 27.4. The van der Waals surface area contributed by atoms with Crippen LogP contribution in [0.5, 0.6) is 5.75 Å². The zero-order valence-corrected chi connectivity index (χ0v) is 56.4. The summed E-state index contributed by atoms with van der Waals surface area (Å²) in [5.74, 6) is -5.19. The number of hydrogen-bond acceptors (Lipinski definition) is 14. The van der Waals surface area contributed by atoms with Crippen molar-refractivity contribution < 1.29 is 76.7 Å². The summed E-state index contributed by atoms with van der Waals surface area (Å²) in [6.07, 6.45) is 11.5. The fourth-order valence-electron chi connectivity index (χ4n) is 8.82. The van der Waals surface area contributed by atoms with Gasteiger partial charge in [-0.2, -0.15) is 0 Å². The molecule has 4 unspecified atom stereocenters. The Morgan fingerprint density at radius 3 is 2.31 bits per heavy atom. The number of nitrogens with zero attached hydrogens (tertiary/aromatic N) is 2. The molecule has 0 spiro atoms.